The summed E-state index contributed by atoms with van der Waals surface area (Å²) >= 11 is 0. The van der Waals surface area contributed by atoms with Crippen LogP contribution in [0.25, 0.3) is 0 Å². The highest BCUT2D eigenvalue weighted by Crippen LogP contribution is 2.36. The number of aliphatic hydroxyl groups is 1. The highest BCUT2D eigenvalue weighted by atomic mass is 19.1. The molecule has 140 valence electrons. The zero-order valence-corrected chi connectivity index (χ0v) is 15.9. The van der Waals surface area contributed by atoms with Crippen molar-refractivity contribution in [1.29, 1.82) is 0 Å². The minimum absolute atomic E-state index is 0.201. The van der Waals surface area contributed by atoms with E-state index in [4.69, 9.17) is 4.42 Å². The van der Waals surface area contributed by atoms with Gasteiger partial charge in [0.15, 0.2) is 5.60 Å². The number of halogens is 1. The second-order valence-electron chi connectivity index (χ2n) is 6.84. The van der Waals surface area contributed by atoms with Crippen LogP contribution in [-0.2, 0) is 18.7 Å². The summed E-state index contributed by atoms with van der Waals surface area (Å²) in [5.74, 6) is 0.924. The third-order valence-electron chi connectivity index (χ3n) is 4.52. The van der Waals surface area contributed by atoms with Crippen molar-refractivity contribution < 1.29 is 13.9 Å². The standard InChI is InChI=1S/C22H28FNO2/c1-6-13-24(14-18-9-7-8-10-20(18)23)15-19-11-12-21(26-19)22(25,16(2)3)17(4)5/h7-12,25H,2,4,6,13-15H2,1,3,5H3. The maximum absolute atomic E-state index is 14.0. The molecule has 1 N–H and O–H groups in total. The maximum atomic E-state index is 14.0. The number of benzene rings is 1. The second-order valence-corrected chi connectivity index (χ2v) is 6.84. The molecule has 26 heavy (non-hydrogen) atoms. The number of hydrogen-bond donors (Lipinski definition) is 1. The highest BCUT2D eigenvalue weighted by Gasteiger charge is 2.34. The van der Waals surface area contributed by atoms with Crippen LogP contribution < -0.4 is 0 Å². The minimum atomic E-state index is -1.38. The molecule has 0 aliphatic rings. The molecule has 0 fully saturated rings. The van der Waals surface area contributed by atoms with Gasteiger partial charge in [0.05, 0.1) is 6.54 Å². The Morgan fingerprint density at radius 2 is 1.77 bits per heavy atom. The summed E-state index contributed by atoms with van der Waals surface area (Å²) < 4.78 is 19.9. The van der Waals surface area contributed by atoms with E-state index in [9.17, 15) is 9.50 Å². The van der Waals surface area contributed by atoms with Crippen molar-refractivity contribution in [3.05, 3.63) is 83.6 Å². The van der Waals surface area contributed by atoms with Crippen molar-refractivity contribution >= 4 is 0 Å². The normalized spacial score (nSPS) is 11.8. The van der Waals surface area contributed by atoms with E-state index in [2.05, 4.69) is 25.0 Å². The molecule has 0 unspecified atom stereocenters. The van der Waals surface area contributed by atoms with Crippen LogP contribution in [0.4, 0.5) is 4.39 Å². The van der Waals surface area contributed by atoms with Gasteiger partial charge < -0.3 is 9.52 Å². The fraction of sp³-hybridized carbons (Fsp3) is 0.364. The van der Waals surface area contributed by atoms with Crippen LogP contribution in [0.2, 0.25) is 0 Å². The van der Waals surface area contributed by atoms with Gasteiger partial charge in [-0.2, -0.15) is 0 Å². The minimum Gasteiger partial charge on any atom is -0.461 e. The first-order valence-electron chi connectivity index (χ1n) is 8.88. The van der Waals surface area contributed by atoms with E-state index in [-0.39, 0.29) is 5.82 Å². The van der Waals surface area contributed by atoms with Gasteiger partial charge in [-0.15, -0.1) is 0 Å². The third kappa shape index (κ3) is 4.32. The van der Waals surface area contributed by atoms with Gasteiger partial charge in [-0.05, 0) is 56.2 Å². The second kappa shape index (κ2) is 8.47. The molecular weight excluding hydrogens is 329 g/mol. The quantitative estimate of drug-likeness (QED) is 0.629. The van der Waals surface area contributed by atoms with Crippen LogP contribution in [0.1, 0.15) is 44.3 Å². The number of rotatable bonds is 9. The lowest BCUT2D eigenvalue weighted by atomic mass is 9.87. The Morgan fingerprint density at radius 1 is 1.12 bits per heavy atom. The van der Waals surface area contributed by atoms with E-state index < -0.39 is 5.60 Å². The number of nitrogens with zero attached hydrogens (tertiary/aromatic N) is 1. The summed E-state index contributed by atoms with van der Waals surface area (Å²) in [4.78, 5) is 2.13. The lowest BCUT2D eigenvalue weighted by Crippen LogP contribution is -2.27. The molecule has 2 aromatic rings. The fourth-order valence-corrected chi connectivity index (χ4v) is 3.06. The first-order valence-corrected chi connectivity index (χ1v) is 8.88. The smallest absolute Gasteiger partial charge is 0.163 e. The van der Waals surface area contributed by atoms with Crippen molar-refractivity contribution in [3.8, 4) is 0 Å². The monoisotopic (exact) mass is 357 g/mol. The van der Waals surface area contributed by atoms with Crippen LogP contribution in [0.3, 0.4) is 0 Å². The van der Waals surface area contributed by atoms with E-state index in [1.54, 1.807) is 32.0 Å². The molecule has 1 heterocycles. The van der Waals surface area contributed by atoms with Crippen molar-refractivity contribution in [2.24, 2.45) is 0 Å². The Labute approximate surface area is 155 Å². The average Bonchev–Trinajstić information content (AvgIpc) is 3.04. The third-order valence-corrected chi connectivity index (χ3v) is 4.52. The Morgan fingerprint density at radius 3 is 2.35 bits per heavy atom. The van der Waals surface area contributed by atoms with Gasteiger partial charge in [0.1, 0.15) is 17.3 Å². The van der Waals surface area contributed by atoms with Crippen LogP contribution in [0.5, 0.6) is 0 Å². The van der Waals surface area contributed by atoms with Crippen molar-refractivity contribution in [3.63, 3.8) is 0 Å². The molecule has 0 radical (unpaired) electrons. The molecule has 0 aliphatic carbocycles. The Bertz CT molecular complexity index is 764. The largest absolute Gasteiger partial charge is 0.461 e. The van der Waals surface area contributed by atoms with Crippen molar-refractivity contribution in [2.45, 2.75) is 45.9 Å². The van der Waals surface area contributed by atoms with E-state index in [1.807, 2.05) is 12.1 Å². The van der Waals surface area contributed by atoms with E-state index in [1.165, 1.54) is 6.07 Å². The maximum Gasteiger partial charge on any atom is 0.163 e. The van der Waals surface area contributed by atoms with Gasteiger partial charge in [0.25, 0.3) is 0 Å². The van der Waals surface area contributed by atoms with E-state index >= 15 is 0 Å². The molecular formula is C22H28FNO2. The lowest BCUT2D eigenvalue weighted by molar-refractivity contribution is 0.0878. The van der Waals surface area contributed by atoms with Crippen LogP contribution in [-0.4, -0.2) is 16.6 Å². The first kappa shape index (κ1) is 20.1. The number of hydrogen-bond acceptors (Lipinski definition) is 3. The zero-order valence-electron chi connectivity index (χ0n) is 15.9. The van der Waals surface area contributed by atoms with Crippen LogP contribution in [0.15, 0.2) is 65.1 Å². The fourth-order valence-electron chi connectivity index (χ4n) is 3.06. The number of furan rings is 1. The summed E-state index contributed by atoms with van der Waals surface area (Å²) in [6.45, 7) is 15.2. The summed E-state index contributed by atoms with van der Waals surface area (Å²) in [5.41, 5.74) is 0.401. The SMILES string of the molecule is C=C(C)C(O)(C(=C)C)c1ccc(CN(CCC)Cc2ccccc2F)o1. The molecule has 0 saturated heterocycles. The first-order chi connectivity index (χ1) is 12.3. The van der Waals surface area contributed by atoms with Gasteiger partial charge in [-0.1, -0.05) is 38.3 Å². The van der Waals surface area contributed by atoms with Crippen molar-refractivity contribution in [1.82, 2.24) is 4.90 Å². The predicted octanol–water partition coefficient (Wildman–Crippen LogP) is 5.17. The molecule has 0 saturated carbocycles. The summed E-state index contributed by atoms with van der Waals surface area (Å²) in [5, 5.41) is 10.9. The summed E-state index contributed by atoms with van der Waals surface area (Å²) in [6.07, 6.45) is 0.948. The van der Waals surface area contributed by atoms with E-state index in [0.29, 0.717) is 41.3 Å². The molecule has 0 atom stereocenters. The topological polar surface area (TPSA) is 36.6 Å². The van der Waals surface area contributed by atoms with Gasteiger partial charge in [-0.3, -0.25) is 4.90 Å². The molecule has 1 aromatic carbocycles. The molecule has 1 aromatic heterocycles. The average molecular weight is 357 g/mol. The lowest BCUT2D eigenvalue weighted by Gasteiger charge is -2.27. The van der Waals surface area contributed by atoms with Crippen LogP contribution >= 0.6 is 0 Å². The van der Waals surface area contributed by atoms with Gasteiger partial charge >= 0.3 is 0 Å². The molecule has 3 nitrogen and oxygen atoms in total. The Balaban J connectivity index is 2.20. The van der Waals surface area contributed by atoms with Crippen molar-refractivity contribution in [2.75, 3.05) is 6.54 Å². The molecule has 4 heteroatoms. The molecule has 0 spiro atoms. The van der Waals surface area contributed by atoms with Gasteiger partial charge in [0.2, 0.25) is 0 Å². The summed E-state index contributed by atoms with van der Waals surface area (Å²) in [6, 6.07) is 10.4. The highest BCUT2D eigenvalue weighted by molar-refractivity contribution is 5.35. The van der Waals surface area contributed by atoms with Gasteiger partial charge in [-0.25, -0.2) is 4.39 Å². The molecule has 0 bridgehead atoms. The molecule has 2 rings (SSSR count). The van der Waals surface area contributed by atoms with Crippen LogP contribution in [0, 0.1) is 5.82 Å². The summed E-state index contributed by atoms with van der Waals surface area (Å²) in [7, 11) is 0. The molecule has 0 amide bonds. The predicted molar refractivity (Wildman–Crippen MR) is 103 cm³/mol. The molecule has 0 aliphatic heterocycles. The Hall–Kier alpha value is -2.17. The van der Waals surface area contributed by atoms with E-state index in [0.717, 1.165) is 13.0 Å². The zero-order chi connectivity index (χ0) is 19.3. The Kier molecular flexibility index (Phi) is 6.57. The van der Waals surface area contributed by atoms with Gasteiger partial charge in [0, 0.05) is 12.1 Å².